The van der Waals surface area contributed by atoms with E-state index in [9.17, 15) is 0 Å². The zero-order valence-corrected chi connectivity index (χ0v) is 12.8. The Kier molecular flexibility index (Phi) is 4.20. The van der Waals surface area contributed by atoms with Crippen LogP contribution < -0.4 is 5.32 Å². The molecule has 5 heteroatoms. The first-order valence-electron chi connectivity index (χ1n) is 6.41. The van der Waals surface area contributed by atoms with Crippen LogP contribution in [-0.2, 0) is 13.1 Å². The highest BCUT2D eigenvalue weighted by atomic mass is 32.1. The molecule has 0 aliphatic carbocycles. The van der Waals surface area contributed by atoms with Gasteiger partial charge in [-0.05, 0) is 29.8 Å². The van der Waals surface area contributed by atoms with Gasteiger partial charge in [0.2, 0.25) is 0 Å². The number of nitrogens with one attached hydrogen (secondary N) is 1. The third-order valence-corrected chi connectivity index (χ3v) is 4.75. The van der Waals surface area contributed by atoms with E-state index in [0.29, 0.717) is 0 Å². The average Bonchev–Trinajstić information content (AvgIpc) is 3.11. The summed E-state index contributed by atoms with van der Waals surface area (Å²) in [6.45, 7) is 3.56. The molecule has 3 rings (SSSR count). The molecule has 0 saturated heterocycles. The first kappa shape index (κ1) is 13.4. The van der Waals surface area contributed by atoms with Crippen molar-refractivity contribution in [3.8, 4) is 10.4 Å². The maximum absolute atomic E-state index is 4.34. The molecule has 0 saturated carbocycles. The van der Waals surface area contributed by atoms with E-state index in [0.717, 1.165) is 24.5 Å². The second-order valence-electron chi connectivity index (χ2n) is 4.53. The fourth-order valence-electron chi connectivity index (χ4n) is 1.87. The van der Waals surface area contributed by atoms with E-state index < -0.39 is 0 Å². The molecule has 20 heavy (non-hydrogen) atoms. The summed E-state index contributed by atoms with van der Waals surface area (Å²) in [7, 11) is 0. The van der Waals surface area contributed by atoms with Crippen LogP contribution in [0.2, 0.25) is 0 Å². The van der Waals surface area contributed by atoms with E-state index in [2.05, 4.69) is 44.2 Å². The predicted octanol–water partition coefficient (Wildman–Crippen LogP) is 3.86. The number of hydrogen-bond donors (Lipinski definition) is 1. The van der Waals surface area contributed by atoms with E-state index in [1.54, 1.807) is 28.9 Å². The van der Waals surface area contributed by atoms with Crippen molar-refractivity contribution in [3.63, 3.8) is 0 Å². The zero-order chi connectivity index (χ0) is 13.8. The largest absolute Gasteiger partial charge is 0.306 e. The summed E-state index contributed by atoms with van der Waals surface area (Å²) >= 11 is 3.57. The Morgan fingerprint density at radius 3 is 2.85 bits per heavy atom. The molecule has 3 heterocycles. The Morgan fingerprint density at radius 2 is 2.10 bits per heavy atom. The summed E-state index contributed by atoms with van der Waals surface area (Å²) in [5.41, 5.74) is 3.25. The van der Waals surface area contributed by atoms with Crippen LogP contribution in [0.15, 0.2) is 41.4 Å². The van der Waals surface area contributed by atoms with Crippen LogP contribution in [-0.4, -0.2) is 9.97 Å². The van der Waals surface area contributed by atoms with Gasteiger partial charge in [-0.25, -0.2) is 0 Å². The van der Waals surface area contributed by atoms with Crippen molar-refractivity contribution in [2.24, 2.45) is 0 Å². The molecule has 0 fully saturated rings. The molecule has 0 bridgehead atoms. The molecule has 0 atom stereocenters. The van der Waals surface area contributed by atoms with Crippen LogP contribution in [0.1, 0.15) is 16.3 Å². The Labute approximate surface area is 126 Å². The highest BCUT2D eigenvalue weighted by molar-refractivity contribution is 7.14. The minimum Gasteiger partial charge on any atom is -0.306 e. The molecule has 102 valence electrons. The summed E-state index contributed by atoms with van der Waals surface area (Å²) in [5.74, 6) is 0. The van der Waals surface area contributed by atoms with Gasteiger partial charge in [0.1, 0.15) is 0 Å². The molecule has 0 aliphatic rings. The highest BCUT2D eigenvalue weighted by Crippen LogP contribution is 2.29. The average molecular weight is 301 g/mol. The van der Waals surface area contributed by atoms with Crippen molar-refractivity contribution in [1.82, 2.24) is 15.3 Å². The number of rotatable bonds is 5. The van der Waals surface area contributed by atoms with Crippen LogP contribution in [0.3, 0.4) is 0 Å². The summed E-state index contributed by atoms with van der Waals surface area (Å²) < 4.78 is 0. The summed E-state index contributed by atoms with van der Waals surface area (Å²) in [4.78, 5) is 11.3. The van der Waals surface area contributed by atoms with E-state index in [4.69, 9.17) is 0 Å². The maximum Gasteiger partial charge on any atom is 0.0724 e. The first-order chi connectivity index (χ1) is 9.81. The van der Waals surface area contributed by atoms with Crippen molar-refractivity contribution in [1.29, 1.82) is 0 Å². The van der Waals surface area contributed by atoms with Gasteiger partial charge in [0.15, 0.2) is 0 Å². The van der Waals surface area contributed by atoms with Gasteiger partial charge in [0.25, 0.3) is 0 Å². The molecule has 0 spiro atoms. The van der Waals surface area contributed by atoms with Crippen molar-refractivity contribution >= 4 is 22.7 Å². The van der Waals surface area contributed by atoms with Crippen molar-refractivity contribution in [3.05, 3.63) is 57.6 Å². The van der Waals surface area contributed by atoms with E-state index in [1.807, 2.05) is 13.1 Å². The topological polar surface area (TPSA) is 37.8 Å². The van der Waals surface area contributed by atoms with Gasteiger partial charge in [0.05, 0.1) is 11.4 Å². The molecule has 3 nitrogen and oxygen atoms in total. The molecule has 3 aromatic heterocycles. The van der Waals surface area contributed by atoms with Crippen LogP contribution in [0.5, 0.6) is 0 Å². The molecule has 0 amide bonds. The molecule has 1 N–H and O–H groups in total. The van der Waals surface area contributed by atoms with Crippen molar-refractivity contribution < 1.29 is 0 Å². The van der Waals surface area contributed by atoms with Gasteiger partial charge in [-0.3, -0.25) is 9.97 Å². The fourth-order valence-corrected chi connectivity index (χ4v) is 3.51. The second kappa shape index (κ2) is 6.26. The molecule has 3 aromatic rings. The Hall–Kier alpha value is -1.56. The predicted molar refractivity (Wildman–Crippen MR) is 84.9 cm³/mol. The highest BCUT2D eigenvalue weighted by Gasteiger charge is 2.03. The Morgan fingerprint density at radius 1 is 1.15 bits per heavy atom. The lowest BCUT2D eigenvalue weighted by Crippen LogP contribution is -2.13. The third kappa shape index (κ3) is 3.30. The molecule has 0 radical (unpaired) electrons. The van der Waals surface area contributed by atoms with Gasteiger partial charge in [-0.15, -0.1) is 22.7 Å². The van der Waals surface area contributed by atoms with Gasteiger partial charge < -0.3 is 5.32 Å². The van der Waals surface area contributed by atoms with Crippen LogP contribution in [0, 0.1) is 6.92 Å². The van der Waals surface area contributed by atoms with Gasteiger partial charge in [0, 0.05) is 40.8 Å². The van der Waals surface area contributed by atoms with Gasteiger partial charge >= 0.3 is 0 Å². The lowest BCUT2D eigenvalue weighted by molar-refractivity contribution is 0.682. The maximum atomic E-state index is 4.34. The van der Waals surface area contributed by atoms with E-state index in [1.165, 1.54) is 15.3 Å². The zero-order valence-electron chi connectivity index (χ0n) is 11.2. The molecule has 0 unspecified atom stereocenters. The smallest absolute Gasteiger partial charge is 0.0724 e. The first-order valence-corrected chi connectivity index (χ1v) is 8.17. The normalized spacial score (nSPS) is 10.8. The Balaban J connectivity index is 1.55. The van der Waals surface area contributed by atoms with Crippen LogP contribution in [0.25, 0.3) is 10.4 Å². The van der Waals surface area contributed by atoms with Gasteiger partial charge in [-0.1, -0.05) is 6.07 Å². The number of thiophene rings is 2. The fraction of sp³-hybridized carbons (Fsp3) is 0.200. The molecular weight excluding hydrogens is 286 g/mol. The van der Waals surface area contributed by atoms with Gasteiger partial charge in [-0.2, -0.15) is 0 Å². The minimum absolute atomic E-state index is 0.750. The lowest BCUT2D eigenvalue weighted by Gasteiger charge is -2.02. The minimum atomic E-state index is 0.750. The van der Waals surface area contributed by atoms with E-state index in [-0.39, 0.29) is 0 Å². The number of aryl methyl sites for hydroxylation is 1. The number of hydrogen-bond acceptors (Lipinski definition) is 5. The SMILES string of the molecule is Cc1cnc(CNCc2cc(-c3cccs3)cs2)cn1. The standard InChI is InChI=1S/C15H15N3S2/c1-11-6-18-13(8-17-11)7-16-9-14-5-12(10-20-14)15-3-2-4-19-15/h2-6,8,10,16H,7,9H2,1H3. The summed E-state index contributed by atoms with van der Waals surface area (Å²) in [6.07, 6.45) is 3.63. The van der Waals surface area contributed by atoms with Crippen molar-refractivity contribution in [2.75, 3.05) is 0 Å². The summed E-state index contributed by atoms with van der Waals surface area (Å²) in [5, 5.41) is 7.74. The van der Waals surface area contributed by atoms with Crippen LogP contribution >= 0.6 is 22.7 Å². The summed E-state index contributed by atoms with van der Waals surface area (Å²) in [6, 6.07) is 6.50. The monoisotopic (exact) mass is 301 g/mol. The molecule has 0 aliphatic heterocycles. The van der Waals surface area contributed by atoms with Crippen LogP contribution in [0.4, 0.5) is 0 Å². The molecular formula is C15H15N3S2. The van der Waals surface area contributed by atoms with E-state index >= 15 is 0 Å². The molecule has 0 aromatic carbocycles. The van der Waals surface area contributed by atoms with Crippen molar-refractivity contribution in [2.45, 2.75) is 20.0 Å². The quantitative estimate of drug-likeness (QED) is 0.777. The third-order valence-electron chi connectivity index (χ3n) is 2.90. The Bertz CT molecular complexity index is 657. The number of aromatic nitrogens is 2. The second-order valence-corrected chi connectivity index (χ2v) is 6.48. The lowest BCUT2D eigenvalue weighted by atomic mass is 10.2. The number of nitrogens with zero attached hydrogens (tertiary/aromatic N) is 2.